The zero-order valence-electron chi connectivity index (χ0n) is 12.2. The van der Waals surface area contributed by atoms with E-state index in [2.05, 4.69) is 5.32 Å². The van der Waals surface area contributed by atoms with Crippen molar-refractivity contribution in [2.24, 2.45) is 0 Å². The van der Waals surface area contributed by atoms with Gasteiger partial charge >= 0.3 is 0 Å². The van der Waals surface area contributed by atoms with Gasteiger partial charge < -0.3 is 10.1 Å². The van der Waals surface area contributed by atoms with E-state index in [1.165, 1.54) is 4.90 Å². The molecule has 2 aromatic rings. The van der Waals surface area contributed by atoms with Gasteiger partial charge in [0, 0.05) is 0 Å². The summed E-state index contributed by atoms with van der Waals surface area (Å²) in [6.45, 7) is 0. The first-order valence-corrected chi connectivity index (χ1v) is 7.02. The average Bonchev–Trinajstić information content (AvgIpc) is 2.83. The maximum atomic E-state index is 12.5. The summed E-state index contributed by atoms with van der Waals surface area (Å²) < 4.78 is 5.26. The molecule has 1 heterocycles. The third-order valence-electron chi connectivity index (χ3n) is 3.60. The molecule has 0 aromatic heterocycles. The summed E-state index contributed by atoms with van der Waals surface area (Å²) in [5.74, 6) is 0.187. The van der Waals surface area contributed by atoms with Gasteiger partial charge in [0.05, 0.1) is 24.9 Å². The van der Waals surface area contributed by atoms with Gasteiger partial charge in [0.1, 0.15) is 11.8 Å². The number of carbonyl (C=O) groups excluding carboxylic acids is 2. The molecule has 0 aliphatic carbocycles. The Bertz CT molecular complexity index is 700. The molecule has 2 amide bonds. The van der Waals surface area contributed by atoms with E-state index in [1.54, 1.807) is 37.4 Å². The van der Waals surface area contributed by atoms with Crippen LogP contribution in [0.5, 0.6) is 5.75 Å². The van der Waals surface area contributed by atoms with Crippen molar-refractivity contribution < 1.29 is 14.3 Å². The highest BCUT2D eigenvalue weighted by Gasteiger charge is 2.39. The zero-order chi connectivity index (χ0) is 15.5. The Labute approximate surface area is 128 Å². The van der Waals surface area contributed by atoms with Gasteiger partial charge in [-0.1, -0.05) is 30.3 Å². The Kier molecular flexibility index (Phi) is 3.78. The van der Waals surface area contributed by atoms with Crippen molar-refractivity contribution in [2.75, 3.05) is 17.3 Å². The standard InChI is InChI=1S/C17H16N2O3/c1-22-15-10-6-5-9-13(15)18-14-11-16(20)19(17(14)21)12-7-3-2-4-8-12/h2-10,14,18H,11H2,1H3/t14-/m1/s1. The van der Waals surface area contributed by atoms with Gasteiger partial charge in [-0.15, -0.1) is 0 Å². The van der Waals surface area contributed by atoms with Gasteiger partial charge in [-0.05, 0) is 24.3 Å². The van der Waals surface area contributed by atoms with Crippen molar-refractivity contribution >= 4 is 23.2 Å². The Hall–Kier alpha value is -2.82. The van der Waals surface area contributed by atoms with Gasteiger partial charge in [0.25, 0.3) is 5.91 Å². The molecule has 0 saturated carbocycles. The minimum absolute atomic E-state index is 0.131. The number of nitrogens with zero attached hydrogens (tertiary/aromatic N) is 1. The Morgan fingerprint density at radius 3 is 2.45 bits per heavy atom. The summed E-state index contributed by atoms with van der Waals surface area (Å²) in [6.07, 6.45) is 0.131. The molecule has 0 radical (unpaired) electrons. The quantitative estimate of drug-likeness (QED) is 0.880. The maximum absolute atomic E-state index is 12.5. The van der Waals surface area contributed by atoms with Crippen LogP contribution in [-0.2, 0) is 9.59 Å². The largest absolute Gasteiger partial charge is 0.495 e. The lowest BCUT2D eigenvalue weighted by Gasteiger charge is -2.17. The smallest absolute Gasteiger partial charge is 0.256 e. The molecule has 1 saturated heterocycles. The number of hydrogen-bond acceptors (Lipinski definition) is 4. The van der Waals surface area contributed by atoms with Gasteiger partial charge in [0.2, 0.25) is 5.91 Å². The van der Waals surface area contributed by atoms with Crippen LogP contribution in [0.15, 0.2) is 54.6 Å². The molecular weight excluding hydrogens is 280 g/mol. The fourth-order valence-electron chi connectivity index (χ4n) is 2.54. The molecule has 1 aliphatic heterocycles. The van der Waals surface area contributed by atoms with Crippen molar-refractivity contribution in [1.82, 2.24) is 0 Å². The van der Waals surface area contributed by atoms with Crippen LogP contribution in [-0.4, -0.2) is 25.0 Å². The highest BCUT2D eigenvalue weighted by molar-refractivity contribution is 6.23. The van der Waals surface area contributed by atoms with Crippen molar-refractivity contribution in [3.05, 3.63) is 54.6 Å². The summed E-state index contributed by atoms with van der Waals surface area (Å²) in [7, 11) is 1.57. The molecule has 1 fully saturated rings. The molecule has 1 atom stereocenters. The number of anilines is 2. The average molecular weight is 296 g/mol. The van der Waals surface area contributed by atoms with Crippen molar-refractivity contribution in [3.8, 4) is 5.75 Å². The lowest BCUT2D eigenvalue weighted by atomic mass is 10.2. The predicted molar refractivity (Wildman–Crippen MR) is 84.0 cm³/mol. The lowest BCUT2D eigenvalue weighted by molar-refractivity contribution is -0.121. The first-order valence-electron chi connectivity index (χ1n) is 7.02. The topological polar surface area (TPSA) is 58.6 Å². The molecule has 5 nitrogen and oxygen atoms in total. The van der Waals surface area contributed by atoms with Gasteiger partial charge in [-0.3, -0.25) is 9.59 Å². The molecule has 0 unspecified atom stereocenters. The second-order valence-corrected chi connectivity index (χ2v) is 5.00. The number of carbonyl (C=O) groups is 2. The minimum atomic E-state index is -0.580. The van der Waals surface area contributed by atoms with Crippen LogP contribution in [0.25, 0.3) is 0 Å². The van der Waals surface area contributed by atoms with E-state index < -0.39 is 6.04 Å². The van der Waals surface area contributed by atoms with Crippen LogP contribution in [0.2, 0.25) is 0 Å². The van der Waals surface area contributed by atoms with Crippen LogP contribution >= 0.6 is 0 Å². The number of imide groups is 1. The highest BCUT2D eigenvalue weighted by atomic mass is 16.5. The predicted octanol–water partition coefficient (Wildman–Crippen LogP) is 2.44. The molecule has 22 heavy (non-hydrogen) atoms. The van der Waals surface area contributed by atoms with E-state index in [0.717, 1.165) is 0 Å². The van der Waals surface area contributed by atoms with Gasteiger partial charge in [-0.2, -0.15) is 0 Å². The normalized spacial score (nSPS) is 17.7. The van der Waals surface area contributed by atoms with E-state index in [1.807, 2.05) is 24.3 Å². The Morgan fingerprint density at radius 1 is 1.05 bits per heavy atom. The second-order valence-electron chi connectivity index (χ2n) is 5.00. The van der Waals surface area contributed by atoms with E-state index in [9.17, 15) is 9.59 Å². The minimum Gasteiger partial charge on any atom is -0.495 e. The number of methoxy groups -OCH3 is 1. The monoisotopic (exact) mass is 296 g/mol. The molecule has 3 rings (SSSR count). The summed E-state index contributed by atoms with van der Waals surface area (Å²) in [6, 6.07) is 15.7. The molecule has 112 valence electrons. The van der Waals surface area contributed by atoms with Gasteiger partial charge in [0.15, 0.2) is 0 Å². The van der Waals surface area contributed by atoms with Crippen LogP contribution < -0.4 is 15.0 Å². The van der Waals surface area contributed by atoms with Crippen molar-refractivity contribution in [1.29, 1.82) is 0 Å². The summed E-state index contributed by atoms with van der Waals surface area (Å²) in [5.41, 5.74) is 1.30. The molecule has 2 aromatic carbocycles. The van der Waals surface area contributed by atoms with Crippen molar-refractivity contribution in [3.63, 3.8) is 0 Å². The van der Waals surface area contributed by atoms with E-state index >= 15 is 0 Å². The Morgan fingerprint density at radius 2 is 1.73 bits per heavy atom. The first kappa shape index (κ1) is 14.1. The summed E-state index contributed by atoms with van der Waals surface area (Å²) in [5, 5.41) is 3.10. The maximum Gasteiger partial charge on any atom is 0.256 e. The van der Waals surface area contributed by atoms with E-state index in [4.69, 9.17) is 4.74 Å². The summed E-state index contributed by atoms with van der Waals surface area (Å²) >= 11 is 0. The van der Waals surface area contributed by atoms with Crippen LogP contribution in [0.3, 0.4) is 0 Å². The Balaban J connectivity index is 1.83. The number of benzene rings is 2. The highest BCUT2D eigenvalue weighted by Crippen LogP contribution is 2.28. The van der Waals surface area contributed by atoms with Crippen molar-refractivity contribution in [2.45, 2.75) is 12.5 Å². The van der Waals surface area contributed by atoms with E-state index in [0.29, 0.717) is 17.1 Å². The molecule has 0 bridgehead atoms. The fourth-order valence-corrected chi connectivity index (χ4v) is 2.54. The van der Waals surface area contributed by atoms with Gasteiger partial charge in [-0.25, -0.2) is 4.90 Å². The number of hydrogen-bond donors (Lipinski definition) is 1. The SMILES string of the molecule is COc1ccccc1N[C@@H]1CC(=O)N(c2ccccc2)C1=O. The third kappa shape index (κ3) is 2.53. The van der Waals surface area contributed by atoms with Crippen LogP contribution in [0.4, 0.5) is 11.4 Å². The number of amides is 2. The molecule has 0 spiro atoms. The fraction of sp³-hybridized carbons (Fsp3) is 0.176. The second kappa shape index (κ2) is 5.89. The summed E-state index contributed by atoms with van der Waals surface area (Å²) in [4.78, 5) is 25.9. The van der Waals surface area contributed by atoms with Crippen LogP contribution in [0.1, 0.15) is 6.42 Å². The molecule has 1 aliphatic rings. The molecule has 5 heteroatoms. The van der Waals surface area contributed by atoms with E-state index in [-0.39, 0.29) is 18.2 Å². The van der Waals surface area contributed by atoms with Crippen LogP contribution in [0, 0.1) is 0 Å². The lowest BCUT2D eigenvalue weighted by Crippen LogP contribution is -2.34. The number of para-hydroxylation sites is 3. The number of rotatable bonds is 4. The third-order valence-corrected chi connectivity index (χ3v) is 3.60. The number of ether oxygens (including phenoxy) is 1. The molecule has 1 N–H and O–H groups in total. The first-order chi connectivity index (χ1) is 10.7. The molecular formula is C17H16N2O3. The number of nitrogens with one attached hydrogen (secondary N) is 1. The zero-order valence-corrected chi connectivity index (χ0v) is 12.2.